The molecule has 0 aromatic heterocycles. The number of phenols is 2. The zero-order valence-corrected chi connectivity index (χ0v) is 17.8. The number of aromatic carboxylic acids is 1. The molecule has 2 unspecified atom stereocenters. The van der Waals surface area contributed by atoms with Gasteiger partial charge in [-0.05, 0) is 55.2 Å². The minimum Gasteiger partial charge on any atom is -0.506 e. The number of hydrogen-bond donors (Lipinski definition) is 5. The normalized spacial score (nSPS) is 33.1. The van der Waals surface area contributed by atoms with Crippen molar-refractivity contribution in [1.29, 1.82) is 0 Å². The number of rotatable bonds is 5. The second-order valence-electron chi connectivity index (χ2n) is 9.56. The van der Waals surface area contributed by atoms with Gasteiger partial charge >= 0.3 is 5.97 Å². The molecule has 8 nitrogen and oxygen atoms in total. The van der Waals surface area contributed by atoms with Crippen LogP contribution in [-0.2, 0) is 9.59 Å². The lowest BCUT2D eigenvalue weighted by atomic mass is 9.44. The van der Waals surface area contributed by atoms with Gasteiger partial charge in [0.25, 0.3) is 0 Å². The molecule has 4 aliphatic carbocycles. The highest BCUT2D eigenvalue weighted by molar-refractivity contribution is 6.00. The lowest BCUT2D eigenvalue weighted by molar-refractivity contribution is -0.142. The van der Waals surface area contributed by atoms with Crippen molar-refractivity contribution in [1.82, 2.24) is 0 Å². The van der Waals surface area contributed by atoms with Crippen LogP contribution in [0.1, 0.15) is 49.4 Å². The number of carboxylic acids is 1. The third-order valence-electron chi connectivity index (χ3n) is 7.74. The lowest BCUT2D eigenvalue weighted by Crippen LogP contribution is -2.57. The van der Waals surface area contributed by atoms with Gasteiger partial charge in [0.1, 0.15) is 17.0 Å². The smallest absolute Gasteiger partial charge is 0.339 e. The predicted octanol–water partition coefficient (Wildman–Crippen LogP) is 2.99. The number of phenolic OH excluding ortho intramolecular Hbond substituents is 1. The zero-order chi connectivity index (χ0) is 23.4. The number of aliphatic hydroxyl groups is 1. The number of nitrogens with one attached hydrogen (secondary N) is 1. The number of allylic oxidation sites excluding steroid dienone is 2. The highest BCUT2D eigenvalue weighted by Gasteiger charge is 2.60. The SMILES string of the molecule is C=C1C[C@@]23C=CC(=O)[C@@](C)(CCC(=O)Nc4c(O)ccc(C(=O)O)c4O)C2C[C@@H]1C(O)C3. The number of benzene rings is 1. The van der Waals surface area contributed by atoms with E-state index >= 15 is 0 Å². The van der Waals surface area contributed by atoms with E-state index < -0.39 is 40.5 Å². The fourth-order valence-electron chi connectivity index (χ4n) is 6.00. The molecule has 8 heteroatoms. The van der Waals surface area contributed by atoms with Crippen LogP contribution >= 0.6 is 0 Å². The molecule has 32 heavy (non-hydrogen) atoms. The first-order chi connectivity index (χ1) is 15.0. The van der Waals surface area contributed by atoms with Gasteiger partial charge in [0.15, 0.2) is 11.5 Å². The standard InChI is InChI=1S/C24H27NO7/c1-12-10-24-8-5-18(28)23(2,17(24)9-14(12)16(27)11-24)7-6-19(29)25-20-15(26)4-3-13(21(20)30)22(31)32/h3-5,8,14,16-17,26-27,30H,1,6-7,9-11H2,2H3,(H,25,29)(H,31,32)/t14-,16?,17?,23-,24+/m0/s1. The maximum Gasteiger partial charge on any atom is 0.339 e. The monoisotopic (exact) mass is 441 g/mol. The van der Waals surface area contributed by atoms with Crippen molar-refractivity contribution < 1.29 is 34.8 Å². The Morgan fingerprint density at radius 3 is 2.66 bits per heavy atom. The van der Waals surface area contributed by atoms with Crippen LogP contribution in [0.5, 0.6) is 11.5 Å². The van der Waals surface area contributed by atoms with Crippen molar-refractivity contribution in [3.63, 3.8) is 0 Å². The summed E-state index contributed by atoms with van der Waals surface area (Å²) >= 11 is 0. The summed E-state index contributed by atoms with van der Waals surface area (Å²) in [6.45, 7) is 5.98. The van der Waals surface area contributed by atoms with E-state index in [0.29, 0.717) is 19.3 Å². The number of hydrogen-bond acceptors (Lipinski definition) is 6. The van der Waals surface area contributed by atoms with Crippen LogP contribution in [0.15, 0.2) is 36.4 Å². The van der Waals surface area contributed by atoms with Crippen LogP contribution in [0, 0.1) is 22.7 Å². The number of carbonyl (C=O) groups excluding carboxylic acids is 2. The molecule has 0 heterocycles. The maximum atomic E-state index is 13.0. The van der Waals surface area contributed by atoms with Crippen molar-refractivity contribution in [2.24, 2.45) is 22.7 Å². The van der Waals surface area contributed by atoms with Gasteiger partial charge in [0.05, 0.1) is 6.10 Å². The Bertz CT molecular complexity index is 1060. The third kappa shape index (κ3) is 3.30. The van der Waals surface area contributed by atoms with Gasteiger partial charge in [-0.15, -0.1) is 0 Å². The molecule has 4 aliphatic rings. The highest BCUT2D eigenvalue weighted by Crippen LogP contribution is 2.64. The van der Waals surface area contributed by atoms with E-state index in [1.807, 2.05) is 13.0 Å². The maximum absolute atomic E-state index is 13.0. The van der Waals surface area contributed by atoms with Crippen molar-refractivity contribution >= 4 is 23.3 Å². The van der Waals surface area contributed by atoms with E-state index in [1.54, 1.807) is 6.08 Å². The molecular formula is C24H27NO7. The Morgan fingerprint density at radius 1 is 1.28 bits per heavy atom. The predicted molar refractivity (Wildman–Crippen MR) is 115 cm³/mol. The fourth-order valence-corrected chi connectivity index (χ4v) is 6.00. The van der Waals surface area contributed by atoms with Gasteiger partial charge in [0.2, 0.25) is 5.91 Å². The Kier molecular flexibility index (Phi) is 5.16. The van der Waals surface area contributed by atoms with Crippen LogP contribution in [0.25, 0.3) is 0 Å². The molecule has 1 aromatic rings. The Labute approximate surface area is 185 Å². The molecule has 2 bridgehead atoms. The summed E-state index contributed by atoms with van der Waals surface area (Å²) in [5.41, 5.74) is -0.975. The molecule has 1 amide bonds. The second kappa shape index (κ2) is 7.48. The van der Waals surface area contributed by atoms with E-state index in [9.17, 15) is 29.7 Å². The van der Waals surface area contributed by atoms with Gasteiger partial charge in [-0.2, -0.15) is 0 Å². The molecular weight excluding hydrogens is 414 g/mol. The molecule has 3 fully saturated rings. The molecule has 0 aliphatic heterocycles. The quantitative estimate of drug-likeness (QED) is 0.349. The number of ketones is 1. The van der Waals surface area contributed by atoms with Gasteiger partial charge < -0.3 is 25.7 Å². The largest absolute Gasteiger partial charge is 0.506 e. The number of carbonyl (C=O) groups is 3. The Hall–Kier alpha value is -3.13. The molecule has 0 radical (unpaired) electrons. The number of fused-ring (bicyclic) bond motifs is 2. The van der Waals surface area contributed by atoms with Gasteiger partial charge in [0, 0.05) is 17.8 Å². The molecule has 3 saturated carbocycles. The highest BCUT2D eigenvalue weighted by atomic mass is 16.4. The van der Waals surface area contributed by atoms with Crippen molar-refractivity contribution in [3.8, 4) is 11.5 Å². The van der Waals surface area contributed by atoms with Gasteiger partial charge in [-0.1, -0.05) is 25.2 Å². The average molecular weight is 441 g/mol. The third-order valence-corrected chi connectivity index (χ3v) is 7.74. The summed E-state index contributed by atoms with van der Waals surface area (Å²) < 4.78 is 0. The van der Waals surface area contributed by atoms with Crippen molar-refractivity contribution in [3.05, 3.63) is 42.0 Å². The molecule has 5 N–H and O–H groups in total. The van der Waals surface area contributed by atoms with Crippen LogP contribution in [0.3, 0.4) is 0 Å². The zero-order valence-electron chi connectivity index (χ0n) is 17.8. The lowest BCUT2D eigenvalue weighted by Gasteiger charge is -2.60. The van der Waals surface area contributed by atoms with Crippen LogP contribution in [-0.4, -0.2) is 44.2 Å². The Morgan fingerprint density at radius 2 is 2.00 bits per heavy atom. The summed E-state index contributed by atoms with van der Waals surface area (Å²) in [7, 11) is 0. The molecule has 1 spiro atoms. The van der Waals surface area contributed by atoms with E-state index in [4.69, 9.17) is 5.11 Å². The summed E-state index contributed by atoms with van der Waals surface area (Å²) in [5, 5.41) is 42.1. The van der Waals surface area contributed by atoms with E-state index in [1.165, 1.54) is 0 Å². The molecule has 5 rings (SSSR count). The second-order valence-corrected chi connectivity index (χ2v) is 9.56. The van der Waals surface area contributed by atoms with E-state index in [0.717, 1.165) is 17.7 Å². The molecule has 0 saturated heterocycles. The fraction of sp³-hybridized carbons (Fsp3) is 0.458. The average Bonchev–Trinajstić information content (AvgIpc) is 2.72. The number of anilines is 1. The Balaban J connectivity index is 1.53. The van der Waals surface area contributed by atoms with E-state index in [2.05, 4.69) is 11.9 Å². The molecule has 170 valence electrons. The summed E-state index contributed by atoms with van der Waals surface area (Å²) in [5.74, 6) is -3.29. The number of carboxylic acid groups (broad SMARTS) is 1. The summed E-state index contributed by atoms with van der Waals surface area (Å²) in [4.78, 5) is 36.8. The van der Waals surface area contributed by atoms with Crippen molar-refractivity contribution in [2.75, 3.05) is 5.32 Å². The first-order valence-corrected chi connectivity index (χ1v) is 10.7. The number of aliphatic hydroxyl groups excluding tert-OH is 1. The van der Waals surface area contributed by atoms with Gasteiger partial charge in [-0.3, -0.25) is 9.59 Å². The minimum absolute atomic E-state index is 0.0312. The summed E-state index contributed by atoms with van der Waals surface area (Å²) in [6, 6.07) is 2.12. The minimum atomic E-state index is -1.40. The molecule has 1 aromatic carbocycles. The van der Waals surface area contributed by atoms with Crippen LogP contribution < -0.4 is 5.32 Å². The first kappa shape index (κ1) is 22.1. The van der Waals surface area contributed by atoms with Crippen molar-refractivity contribution in [2.45, 2.75) is 45.1 Å². The van der Waals surface area contributed by atoms with Crippen LogP contribution in [0.4, 0.5) is 5.69 Å². The summed E-state index contributed by atoms with van der Waals surface area (Å²) in [6.07, 6.45) is 5.09. The topological polar surface area (TPSA) is 144 Å². The number of amides is 1. The van der Waals surface area contributed by atoms with Gasteiger partial charge in [-0.25, -0.2) is 4.79 Å². The molecule has 5 atom stereocenters. The van der Waals surface area contributed by atoms with Crippen LogP contribution in [0.2, 0.25) is 0 Å². The van der Waals surface area contributed by atoms with E-state index in [-0.39, 0.29) is 41.6 Å². The number of aromatic hydroxyl groups is 2. The first-order valence-electron chi connectivity index (χ1n) is 10.7.